The number of halogens is 4. The Morgan fingerprint density at radius 2 is 2.03 bits per heavy atom. The minimum Gasteiger partial charge on any atom is -0.481 e. The smallest absolute Gasteiger partial charge is 0.451 e. The fraction of sp³-hybridized carbons (Fsp3) is 0.688. The number of hydrogen-bond acceptors (Lipinski definition) is 8. The zero-order valence-corrected chi connectivity index (χ0v) is 18.9. The number of alkyl halides is 3. The number of carbonyl (C=O) groups excluding carboxylic acids is 1. The van der Waals surface area contributed by atoms with Crippen molar-refractivity contribution in [2.75, 3.05) is 12.0 Å². The number of nitrogens with zero attached hydrogens (tertiary/aromatic N) is 2. The highest BCUT2D eigenvalue weighted by atomic mass is 35.5. The molecule has 6 N–H and O–H groups in total. The molecule has 1 heterocycles. The Hall–Kier alpha value is -1.71. The number of nitrogens with one attached hydrogen (secondary N) is 2. The minimum atomic E-state index is -4.74. The Bertz CT molecular complexity index is 890. The minimum absolute atomic E-state index is 0. The summed E-state index contributed by atoms with van der Waals surface area (Å²) < 4.78 is 38.2. The van der Waals surface area contributed by atoms with Gasteiger partial charge in [-0.1, -0.05) is 11.8 Å². The van der Waals surface area contributed by atoms with Crippen LogP contribution in [0.2, 0.25) is 0 Å². The fourth-order valence-corrected chi connectivity index (χ4v) is 5.97. The lowest BCUT2D eigenvalue weighted by Gasteiger charge is -2.31. The molecule has 6 atom stereocenters. The molecule has 16 heteroatoms. The van der Waals surface area contributed by atoms with E-state index in [0.717, 1.165) is 11.8 Å². The maximum absolute atomic E-state index is 12.7. The Balaban J connectivity index is 0.00000363. The van der Waals surface area contributed by atoms with Crippen molar-refractivity contribution >= 4 is 53.8 Å². The van der Waals surface area contributed by atoms with Gasteiger partial charge >= 0.3 is 18.1 Å². The van der Waals surface area contributed by atoms with Crippen LogP contribution in [0.4, 0.5) is 13.2 Å². The second-order valence-corrected chi connectivity index (χ2v) is 9.64. The fourth-order valence-electron chi connectivity index (χ4n) is 4.13. The van der Waals surface area contributed by atoms with Crippen molar-refractivity contribution in [2.24, 2.45) is 23.5 Å². The van der Waals surface area contributed by atoms with Gasteiger partial charge in [-0.25, -0.2) is 4.79 Å². The largest absolute Gasteiger partial charge is 0.481 e. The number of carboxylic acids is 2. The number of H-pyrrole nitrogens is 1. The molecule has 2 fully saturated rings. The molecule has 0 spiro atoms. The van der Waals surface area contributed by atoms with E-state index in [4.69, 9.17) is 5.73 Å². The number of amides is 1. The van der Waals surface area contributed by atoms with E-state index in [1.54, 1.807) is 5.10 Å². The van der Waals surface area contributed by atoms with Crippen LogP contribution >= 0.6 is 35.9 Å². The lowest BCUT2D eigenvalue weighted by molar-refractivity contribution is -0.150. The first-order chi connectivity index (χ1) is 14.4. The van der Waals surface area contributed by atoms with Crippen molar-refractivity contribution in [3.05, 3.63) is 5.82 Å². The van der Waals surface area contributed by atoms with E-state index in [9.17, 15) is 37.8 Å². The summed E-state index contributed by atoms with van der Waals surface area (Å²) in [5, 5.41) is 26.1. The van der Waals surface area contributed by atoms with E-state index in [-0.39, 0.29) is 24.0 Å². The molecule has 180 valence electrons. The number of rotatable bonds is 9. The summed E-state index contributed by atoms with van der Waals surface area (Å²) in [6.07, 6.45) is -2.81. The topological polar surface area (TPSA) is 171 Å². The first-order valence-electron chi connectivity index (χ1n) is 9.11. The van der Waals surface area contributed by atoms with Gasteiger partial charge in [-0.2, -0.15) is 29.9 Å². The molecule has 0 bridgehead atoms. The summed E-state index contributed by atoms with van der Waals surface area (Å²) in [5.74, 6) is -6.76. The van der Waals surface area contributed by atoms with Crippen LogP contribution in [0.5, 0.6) is 0 Å². The number of aromatic amines is 1. The van der Waals surface area contributed by atoms with Gasteiger partial charge in [0.25, 0.3) is 0 Å². The summed E-state index contributed by atoms with van der Waals surface area (Å²) in [7, 11) is 0. The molecule has 0 aliphatic heterocycles. The molecule has 0 aromatic carbocycles. The van der Waals surface area contributed by atoms with Gasteiger partial charge in [-0.3, -0.25) is 14.7 Å². The summed E-state index contributed by atoms with van der Waals surface area (Å²) >= 11 is 2.22. The number of hydrogen-bond donors (Lipinski definition) is 5. The van der Waals surface area contributed by atoms with Crippen LogP contribution in [0.25, 0.3) is 0 Å². The number of aliphatic carboxylic acids is 2. The number of carbonyl (C=O) groups is 3. The van der Waals surface area contributed by atoms with E-state index in [2.05, 4.69) is 15.4 Å². The number of nitrogens with two attached hydrogens (primary N) is 1. The van der Waals surface area contributed by atoms with Crippen LogP contribution in [-0.2, 0) is 20.6 Å². The van der Waals surface area contributed by atoms with E-state index >= 15 is 0 Å². The molecule has 1 aromatic heterocycles. The first kappa shape index (κ1) is 26.5. The van der Waals surface area contributed by atoms with Gasteiger partial charge in [0, 0.05) is 11.2 Å². The van der Waals surface area contributed by atoms with Crippen molar-refractivity contribution in [1.29, 1.82) is 0 Å². The molecule has 2 aliphatic rings. The molecule has 0 radical (unpaired) electrons. The van der Waals surface area contributed by atoms with Crippen molar-refractivity contribution < 1.29 is 37.8 Å². The van der Waals surface area contributed by atoms with Gasteiger partial charge in [0.1, 0.15) is 5.54 Å². The molecule has 2 aliphatic carbocycles. The zero-order chi connectivity index (χ0) is 23.1. The second kappa shape index (κ2) is 9.65. The molecule has 1 amide bonds. The quantitative estimate of drug-likeness (QED) is 0.318. The molecular weight excluding hydrogens is 499 g/mol. The molecule has 32 heavy (non-hydrogen) atoms. The van der Waals surface area contributed by atoms with Gasteiger partial charge < -0.3 is 21.3 Å². The summed E-state index contributed by atoms with van der Waals surface area (Å²) in [6.45, 7) is 0. The van der Waals surface area contributed by atoms with Crippen molar-refractivity contribution in [2.45, 2.75) is 41.0 Å². The standard InChI is InChI=1S/C16H20F3N5O5S2.ClH/c1-30-3-2-5(20)10(25)22-15(13(28)29)4-6(7-8(9(7)15)11(26)27)31-14-21-12(23-24-14)16(17,18)19;/h5-9H,2-4,20H2,1H3,(H,22,25)(H,26,27)(H,28,29)(H,21,23,24);1H/t5-,6+,7-,8-,9-,15-;/m0./s1. The summed E-state index contributed by atoms with van der Waals surface area (Å²) in [6, 6.07) is -0.974. The first-order valence-corrected chi connectivity index (χ1v) is 11.4. The van der Waals surface area contributed by atoms with Crippen molar-refractivity contribution in [3.63, 3.8) is 0 Å². The lowest BCUT2D eigenvalue weighted by Crippen LogP contribution is -2.59. The highest BCUT2D eigenvalue weighted by Crippen LogP contribution is 2.65. The third kappa shape index (κ3) is 4.94. The Kier molecular flexibility index (Phi) is 8.00. The average molecular weight is 520 g/mol. The summed E-state index contributed by atoms with van der Waals surface area (Å²) in [4.78, 5) is 39.7. The maximum atomic E-state index is 12.7. The third-order valence-corrected chi connectivity index (χ3v) is 7.39. The monoisotopic (exact) mass is 519 g/mol. The van der Waals surface area contributed by atoms with Crippen LogP contribution in [0, 0.1) is 17.8 Å². The highest BCUT2D eigenvalue weighted by Gasteiger charge is 2.76. The van der Waals surface area contributed by atoms with E-state index in [1.165, 1.54) is 11.8 Å². The molecule has 10 nitrogen and oxygen atoms in total. The van der Waals surface area contributed by atoms with Gasteiger partial charge in [-0.15, -0.1) is 17.5 Å². The van der Waals surface area contributed by atoms with Crippen LogP contribution in [0.3, 0.4) is 0 Å². The second-order valence-electron chi connectivity index (χ2n) is 7.45. The number of carboxylic acid groups (broad SMARTS) is 2. The maximum Gasteiger partial charge on any atom is 0.451 e. The Morgan fingerprint density at radius 3 is 2.53 bits per heavy atom. The lowest BCUT2D eigenvalue weighted by atomic mass is 9.89. The molecular formula is C16H21ClF3N5O5S2. The third-order valence-electron chi connectivity index (χ3n) is 5.57. The van der Waals surface area contributed by atoms with Gasteiger partial charge in [-0.05, 0) is 30.8 Å². The predicted molar refractivity (Wildman–Crippen MR) is 110 cm³/mol. The van der Waals surface area contributed by atoms with Crippen LogP contribution < -0.4 is 11.1 Å². The van der Waals surface area contributed by atoms with Gasteiger partial charge in [0.2, 0.25) is 16.9 Å². The van der Waals surface area contributed by atoms with Crippen LogP contribution in [0.1, 0.15) is 18.7 Å². The number of fused-ring (bicyclic) bond motifs is 1. The van der Waals surface area contributed by atoms with Gasteiger partial charge in [0.05, 0.1) is 12.0 Å². The Labute approximate surface area is 194 Å². The predicted octanol–water partition coefficient (Wildman–Crippen LogP) is 1.08. The normalized spacial score (nSPS) is 29.5. The van der Waals surface area contributed by atoms with Crippen molar-refractivity contribution in [3.8, 4) is 0 Å². The Morgan fingerprint density at radius 1 is 1.38 bits per heavy atom. The van der Waals surface area contributed by atoms with Gasteiger partial charge in [0.15, 0.2) is 0 Å². The molecule has 2 saturated carbocycles. The zero-order valence-electron chi connectivity index (χ0n) is 16.5. The molecule has 3 rings (SSSR count). The average Bonchev–Trinajstić information content (AvgIpc) is 3.11. The van der Waals surface area contributed by atoms with Crippen LogP contribution in [0.15, 0.2) is 5.16 Å². The SMILES string of the molecule is CSCC[C@H](N)C(=O)N[C@@]1(C(=O)O)C[C@@H](Sc2n[nH]c(C(F)(F)F)n2)[C@H]2[C@H](C(=O)O)[C@H]21.Cl. The van der Waals surface area contributed by atoms with E-state index < -0.39 is 64.4 Å². The summed E-state index contributed by atoms with van der Waals surface area (Å²) in [5.41, 5.74) is 3.94. The molecule has 0 saturated heterocycles. The van der Waals surface area contributed by atoms with Crippen LogP contribution in [-0.4, -0.2) is 72.1 Å². The van der Waals surface area contributed by atoms with E-state index in [1.807, 2.05) is 6.26 Å². The molecule has 0 unspecified atom stereocenters. The highest BCUT2D eigenvalue weighted by molar-refractivity contribution is 7.99. The number of thioether (sulfide) groups is 2. The van der Waals surface area contributed by atoms with Crippen molar-refractivity contribution in [1.82, 2.24) is 20.5 Å². The van der Waals surface area contributed by atoms with E-state index in [0.29, 0.717) is 12.2 Å². The number of aromatic nitrogens is 3. The molecule has 1 aromatic rings.